The number of anilines is 1. The van der Waals surface area contributed by atoms with E-state index in [1.165, 1.54) is 0 Å². The third kappa shape index (κ3) is 2.38. The van der Waals surface area contributed by atoms with Gasteiger partial charge in [0, 0.05) is 6.20 Å². The van der Waals surface area contributed by atoms with Crippen molar-refractivity contribution in [2.24, 2.45) is 0 Å². The second kappa shape index (κ2) is 3.76. The standard InChI is InChI=1S/C12H15N3O2/c1-12(2,3)17-11(16)8-7-15-9(13)5-4-6-10(15)14-8/h4-7H,13H2,1-3H3. The van der Waals surface area contributed by atoms with Gasteiger partial charge in [0.25, 0.3) is 0 Å². The van der Waals surface area contributed by atoms with Crippen molar-refractivity contribution in [3.63, 3.8) is 0 Å². The topological polar surface area (TPSA) is 69.6 Å². The number of rotatable bonds is 1. The lowest BCUT2D eigenvalue weighted by atomic mass is 10.2. The average molecular weight is 233 g/mol. The highest BCUT2D eigenvalue weighted by Crippen LogP contribution is 2.14. The minimum atomic E-state index is -0.529. The van der Waals surface area contributed by atoms with Gasteiger partial charge in [-0.05, 0) is 32.9 Å². The first-order chi connectivity index (χ1) is 7.87. The number of hydrogen-bond donors (Lipinski definition) is 1. The maximum atomic E-state index is 11.8. The van der Waals surface area contributed by atoms with Crippen LogP contribution in [0.3, 0.4) is 0 Å². The average Bonchev–Trinajstić information content (AvgIpc) is 2.60. The molecule has 0 saturated heterocycles. The lowest BCUT2D eigenvalue weighted by Gasteiger charge is -2.18. The van der Waals surface area contributed by atoms with Crippen LogP contribution in [0, 0.1) is 0 Å². The number of esters is 1. The minimum Gasteiger partial charge on any atom is -0.455 e. The van der Waals surface area contributed by atoms with E-state index in [0.717, 1.165) is 0 Å². The lowest BCUT2D eigenvalue weighted by molar-refractivity contribution is 0.00636. The number of nitrogen functional groups attached to an aromatic ring is 1. The maximum absolute atomic E-state index is 11.8. The molecule has 0 radical (unpaired) electrons. The summed E-state index contributed by atoms with van der Waals surface area (Å²) in [5.41, 5.74) is 6.13. The molecule has 0 amide bonds. The Labute approximate surface area is 99.2 Å². The highest BCUT2D eigenvalue weighted by Gasteiger charge is 2.20. The van der Waals surface area contributed by atoms with Crippen LogP contribution in [0.5, 0.6) is 0 Å². The van der Waals surface area contributed by atoms with E-state index in [-0.39, 0.29) is 5.69 Å². The zero-order chi connectivity index (χ0) is 12.6. The number of carbonyl (C=O) groups excluding carboxylic acids is 1. The number of ether oxygens (including phenoxy) is 1. The van der Waals surface area contributed by atoms with E-state index in [4.69, 9.17) is 10.5 Å². The molecule has 0 spiro atoms. The molecule has 0 atom stereocenters. The Hall–Kier alpha value is -2.04. The van der Waals surface area contributed by atoms with E-state index < -0.39 is 11.6 Å². The number of nitrogens with zero attached hydrogens (tertiary/aromatic N) is 2. The highest BCUT2D eigenvalue weighted by molar-refractivity contribution is 5.88. The fraction of sp³-hybridized carbons (Fsp3) is 0.333. The summed E-state index contributed by atoms with van der Waals surface area (Å²) in [5.74, 6) is 0.0883. The van der Waals surface area contributed by atoms with Gasteiger partial charge in [-0.15, -0.1) is 0 Å². The van der Waals surface area contributed by atoms with Crippen molar-refractivity contribution < 1.29 is 9.53 Å². The first-order valence-electron chi connectivity index (χ1n) is 5.34. The van der Waals surface area contributed by atoms with Gasteiger partial charge in [-0.3, -0.25) is 4.40 Å². The molecule has 2 aromatic heterocycles. The quantitative estimate of drug-likeness (QED) is 0.763. The van der Waals surface area contributed by atoms with E-state index in [1.54, 1.807) is 28.8 Å². The first kappa shape index (κ1) is 11.4. The molecule has 5 heteroatoms. The molecule has 0 aliphatic carbocycles. The third-order valence-electron chi connectivity index (χ3n) is 2.13. The normalized spacial score (nSPS) is 11.7. The summed E-state index contributed by atoms with van der Waals surface area (Å²) in [6, 6.07) is 5.31. The summed E-state index contributed by atoms with van der Waals surface area (Å²) >= 11 is 0. The molecule has 90 valence electrons. The molecule has 2 N–H and O–H groups in total. The number of fused-ring (bicyclic) bond motifs is 1. The number of imidazole rings is 1. The van der Waals surface area contributed by atoms with Crippen molar-refractivity contribution in [2.45, 2.75) is 26.4 Å². The van der Waals surface area contributed by atoms with E-state index in [9.17, 15) is 4.79 Å². The van der Waals surface area contributed by atoms with Crippen LogP contribution in [0.2, 0.25) is 0 Å². The zero-order valence-corrected chi connectivity index (χ0v) is 10.1. The fourth-order valence-corrected chi connectivity index (χ4v) is 1.46. The summed E-state index contributed by atoms with van der Waals surface area (Å²) in [7, 11) is 0. The molecule has 5 nitrogen and oxygen atoms in total. The molecule has 0 saturated carbocycles. The summed E-state index contributed by atoms with van der Waals surface area (Å²) < 4.78 is 6.89. The van der Waals surface area contributed by atoms with Crippen LogP contribution >= 0.6 is 0 Å². The van der Waals surface area contributed by atoms with Crippen LogP contribution < -0.4 is 5.73 Å². The summed E-state index contributed by atoms with van der Waals surface area (Å²) in [4.78, 5) is 16.0. The molecule has 0 fully saturated rings. The zero-order valence-electron chi connectivity index (χ0n) is 10.1. The van der Waals surface area contributed by atoms with Gasteiger partial charge in [0.1, 0.15) is 17.1 Å². The molecule has 2 aromatic rings. The predicted molar refractivity (Wildman–Crippen MR) is 64.8 cm³/mol. The SMILES string of the molecule is CC(C)(C)OC(=O)c1cn2c(N)cccc2n1. The van der Waals surface area contributed by atoms with Crippen molar-refractivity contribution in [1.29, 1.82) is 0 Å². The first-order valence-corrected chi connectivity index (χ1v) is 5.34. The largest absolute Gasteiger partial charge is 0.455 e. The monoisotopic (exact) mass is 233 g/mol. The Bertz CT molecular complexity index is 567. The van der Waals surface area contributed by atoms with Gasteiger partial charge in [0.05, 0.1) is 0 Å². The van der Waals surface area contributed by atoms with E-state index in [0.29, 0.717) is 11.5 Å². The second-order valence-electron chi connectivity index (χ2n) is 4.81. The van der Waals surface area contributed by atoms with Gasteiger partial charge in [0.2, 0.25) is 0 Å². The molecule has 0 unspecified atom stereocenters. The van der Waals surface area contributed by atoms with Crippen molar-refractivity contribution in [3.05, 3.63) is 30.1 Å². The van der Waals surface area contributed by atoms with Crippen molar-refractivity contribution in [2.75, 3.05) is 5.73 Å². The summed E-state index contributed by atoms with van der Waals surface area (Å²) in [6.07, 6.45) is 1.58. The Morgan fingerprint density at radius 2 is 2.12 bits per heavy atom. The van der Waals surface area contributed by atoms with Gasteiger partial charge in [-0.2, -0.15) is 0 Å². The number of aromatic nitrogens is 2. The number of carbonyl (C=O) groups is 1. The van der Waals surface area contributed by atoms with Gasteiger partial charge in [-0.1, -0.05) is 6.07 Å². The fourth-order valence-electron chi connectivity index (χ4n) is 1.46. The minimum absolute atomic E-state index is 0.262. The van der Waals surface area contributed by atoms with Crippen molar-refractivity contribution >= 4 is 17.4 Å². The van der Waals surface area contributed by atoms with E-state index >= 15 is 0 Å². The Morgan fingerprint density at radius 1 is 1.41 bits per heavy atom. The lowest BCUT2D eigenvalue weighted by Crippen LogP contribution is -2.24. The number of nitrogens with two attached hydrogens (primary N) is 1. The Balaban J connectivity index is 2.37. The van der Waals surface area contributed by atoms with Gasteiger partial charge in [-0.25, -0.2) is 9.78 Å². The van der Waals surface area contributed by atoms with E-state index in [1.807, 2.05) is 20.8 Å². The summed E-state index contributed by atoms with van der Waals surface area (Å²) in [5, 5.41) is 0. The van der Waals surface area contributed by atoms with Gasteiger partial charge >= 0.3 is 5.97 Å². The van der Waals surface area contributed by atoms with Gasteiger partial charge in [0.15, 0.2) is 5.69 Å². The van der Waals surface area contributed by atoms with Crippen LogP contribution in [0.15, 0.2) is 24.4 Å². The molecule has 0 aliphatic heterocycles. The molecular weight excluding hydrogens is 218 g/mol. The predicted octanol–water partition coefficient (Wildman–Crippen LogP) is 1.87. The van der Waals surface area contributed by atoms with Crippen LogP contribution in [-0.4, -0.2) is 21.0 Å². The highest BCUT2D eigenvalue weighted by atomic mass is 16.6. The second-order valence-corrected chi connectivity index (χ2v) is 4.81. The maximum Gasteiger partial charge on any atom is 0.359 e. The third-order valence-corrected chi connectivity index (χ3v) is 2.13. The summed E-state index contributed by atoms with van der Waals surface area (Å²) in [6.45, 7) is 5.44. The Morgan fingerprint density at radius 3 is 2.71 bits per heavy atom. The molecule has 0 bridgehead atoms. The molecule has 17 heavy (non-hydrogen) atoms. The van der Waals surface area contributed by atoms with Gasteiger partial charge < -0.3 is 10.5 Å². The molecule has 2 rings (SSSR count). The van der Waals surface area contributed by atoms with Crippen molar-refractivity contribution in [3.8, 4) is 0 Å². The van der Waals surface area contributed by atoms with Crippen LogP contribution in [0.25, 0.3) is 5.65 Å². The number of hydrogen-bond acceptors (Lipinski definition) is 4. The number of pyridine rings is 1. The molecule has 2 heterocycles. The Kier molecular flexibility index (Phi) is 2.53. The van der Waals surface area contributed by atoms with Crippen molar-refractivity contribution in [1.82, 2.24) is 9.38 Å². The van der Waals surface area contributed by atoms with Crippen LogP contribution in [-0.2, 0) is 4.74 Å². The molecular formula is C12H15N3O2. The van der Waals surface area contributed by atoms with Crippen LogP contribution in [0.1, 0.15) is 31.3 Å². The van der Waals surface area contributed by atoms with Crippen LogP contribution in [0.4, 0.5) is 5.82 Å². The van der Waals surface area contributed by atoms with E-state index in [2.05, 4.69) is 4.98 Å². The molecule has 0 aliphatic rings. The molecule has 0 aromatic carbocycles. The smallest absolute Gasteiger partial charge is 0.359 e.